The van der Waals surface area contributed by atoms with Crippen molar-refractivity contribution in [2.75, 3.05) is 48.1 Å². The van der Waals surface area contributed by atoms with Gasteiger partial charge in [-0.3, -0.25) is 4.79 Å². The molecule has 0 saturated heterocycles. The van der Waals surface area contributed by atoms with Crippen LogP contribution in [0.15, 0.2) is 47.0 Å². The van der Waals surface area contributed by atoms with Gasteiger partial charge in [0.2, 0.25) is 0 Å². The molecule has 33 heavy (non-hydrogen) atoms. The Morgan fingerprint density at radius 1 is 1.03 bits per heavy atom. The summed E-state index contributed by atoms with van der Waals surface area (Å²) in [6.45, 7) is 1.39. The van der Waals surface area contributed by atoms with E-state index in [9.17, 15) is 4.79 Å². The first kappa shape index (κ1) is 22.5. The zero-order valence-electron chi connectivity index (χ0n) is 19.1. The highest BCUT2D eigenvalue weighted by Crippen LogP contribution is 2.35. The fraction of sp³-hybridized carbons (Fsp3) is 0.333. The molecule has 9 nitrogen and oxygen atoms in total. The summed E-state index contributed by atoms with van der Waals surface area (Å²) >= 11 is 0. The first-order valence-corrected chi connectivity index (χ1v) is 10.5. The molecule has 0 aliphatic carbocycles. The molecule has 0 saturated carbocycles. The molecule has 0 bridgehead atoms. The van der Waals surface area contributed by atoms with E-state index in [1.807, 2.05) is 55.4 Å². The zero-order chi connectivity index (χ0) is 23.4. The van der Waals surface area contributed by atoms with Crippen LogP contribution in [0.4, 0.5) is 0 Å². The van der Waals surface area contributed by atoms with Gasteiger partial charge < -0.3 is 33.7 Å². The van der Waals surface area contributed by atoms with Gasteiger partial charge in [-0.15, -0.1) is 0 Å². The van der Waals surface area contributed by atoms with Crippen LogP contribution in [0, 0.1) is 0 Å². The van der Waals surface area contributed by atoms with E-state index in [1.54, 1.807) is 20.3 Å². The third-order valence-corrected chi connectivity index (χ3v) is 5.44. The number of fused-ring (bicyclic) bond motifs is 1. The molecule has 174 valence electrons. The maximum Gasteiger partial charge on any atom is 0.273 e. The van der Waals surface area contributed by atoms with E-state index >= 15 is 0 Å². The minimum Gasteiger partial charge on any atom is -0.493 e. The Kier molecular flexibility index (Phi) is 6.69. The Hall–Kier alpha value is -3.72. The Balaban J connectivity index is 1.45. The van der Waals surface area contributed by atoms with Gasteiger partial charge in [0.1, 0.15) is 13.2 Å². The van der Waals surface area contributed by atoms with Crippen molar-refractivity contribution in [2.45, 2.75) is 6.04 Å². The molecule has 0 fully saturated rings. The van der Waals surface area contributed by atoms with E-state index in [-0.39, 0.29) is 17.6 Å². The van der Waals surface area contributed by atoms with E-state index in [0.29, 0.717) is 48.5 Å². The topological polar surface area (TPSA) is 95.3 Å². The molecular weight excluding hydrogens is 426 g/mol. The molecule has 1 aliphatic rings. The van der Waals surface area contributed by atoms with Crippen LogP contribution in [-0.4, -0.2) is 64.0 Å². The predicted molar refractivity (Wildman–Crippen MR) is 121 cm³/mol. The number of aromatic nitrogens is 1. The third kappa shape index (κ3) is 4.88. The van der Waals surface area contributed by atoms with Crippen molar-refractivity contribution in [3.05, 3.63) is 53.7 Å². The number of methoxy groups -OCH3 is 2. The van der Waals surface area contributed by atoms with E-state index in [1.165, 1.54) is 0 Å². The third-order valence-electron chi connectivity index (χ3n) is 5.44. The van der Waals surface area contributed by atoms with Crippen molar-refractivity contribution in [1.29, 1.82) is 0 Å². The molecule has 1 aromatic heterocycles. The molecule has 1 N–H and O–H groups in total. The second kappa shape index (κ2) is 9.83. The number of hydrogen-bond donors (Lipinski definition) is 1. The second-order valence-corrected chi connectivity index (χ2v) is 7.74. The van der Waals surface area contributed by atoms with Crippen molar-refractivity contribution in [3.8, 4) is 34.3 Å². The lowest BCUT2D eigenvalue weighted by Crippen LogP contribution is -2.34. The number of carbonyl (C=O) groups excluding carboxylic acids is 1. The van der Waals surface area contributed by atoms with Crippen LogP contribution in [0.5, 0.6) is 23.0 Å². The van der Waals surface area contributed by atoms with Gasteiger partial charge in [0.05, 0.1) is 20.3 Å². The summed E-state index contributed by atoms with van der Waals surface area (Å²) in [6, 6.07) is 12.7. The lowest BCUT2D eigenvalue weighted by molar-refractivity contribution is 0.0933. The van der Waals surface area contributed by atoms with E-state index in [0.717, 1.165) is 11.1 Å². The largest absolute Gasteiger partial charge is 0.493 e. The quantitative estimate of drug-likeness (QED) is 0.556. The van der Waals surface area contributed by atoms with Crippen LogP contribution < -0.4 is 24.3 Å². The van der Waals surface area contributed by atoms with Gasteiger partial charge in [0, 0.05) is 18.2 Å². The van der Waals surface area contributed by atoms with Crippen LogP contribution >= 0.6 is 0 Å². The highest BCUT2D eigenvalue weighted by molar-refractivity contribution is 5.93. The summed E-state index contributed by atoms with van der Waals surface area (Å²) in [5.74, 6) is 2.76. The lowest BCUT2D eigenvalue weighted by Gasteiger charge is -2.25. The standard InChI is InChI=1S/C24H27N3O6/c1-27(2)18(15-5-7-19(29-3)22(11-15)30-4)14-25-24(28)17-13-21(33-26-17)16-6-8-20-23(12-16)32-10-9-31-20/h5-8,11-13,18H,9-10,14H2,1-4H3,(H,25,28)/t18-/m0/s1. The Bertz CT molecular complexity index is 1130. The highest BCUT2D eigenvalue weighted by atomic mass is 16.6. The molecule has 0 unspecified atom stereocenters. The SMILES string of the molecule is COc1ccc([C@H](CNC(=O)c2cc(-c3ccc4c(c3)OCCO4)on2)N(C)C)cc1OC. The van der Waals surface area contributed by atoms with Gasteiger partial charge in [0.25, 0.3) is 5.91 Å². The first-order valence-electron chi connectivity index (χ1n) is 10.5. The van der Waals surface area contributed by atoms with Crippen molar-refractivity contribution < 1.29 is 28.3 Å². The van der Waals surface area contributed by atoms with E-state index < -0.39 is 0 Å². The number of nitrogens with one attached hydrogen (secondary N) is 1. The Morgan fingerprint density at radius 2 is 1.79 bits per heavy atom. The van der Waals surface area contributed by atoms with Gasteiger partial charge in [-0.2, -0.15) is 0 Å². The van der Waals surface area contributed by atoms with Crippen molar-refractivity contribution in [3.63, 3.8) is 0 Å². The summed E-state index contributed by atoms with van der Waals surface area (Å²) in [5.41, 5.74) is 1.93. The van der Waals surface area contributed by atoms with Gasteiger partial charge >= 0.3 is 0 Å². The average molecular weight is 453 g/mol. The van der Waals surface area contributed by atoms with Crippen LogP contribution in [0.3, 0.4) is 0 Å². The number of carbonyl (C=O) groups is 1. The maximum absolute atomic E-state index is 12.8. The molecule has 2 aromatic carbocycles. The number of nitrogens with zero attached hydrogens (tertiary/aromatic N) is 2. The summed E-state index contributed by atoms with van der Waals surface area (Å²) in [4.78, 5) is 14.8. The number of likely N-dealkylation sites (N-methyl/N-ethyl adjacent to an activating group) is 1. The molecule has 3 aromatic rings. The lowest BCUT2D eigenvalue weighted by atomic mass is 10.0. The maximum atomic E-state index is 12.8. The smallest absolute Gasteiger partial charge is 0.273 e. The number of benzene rings is 2. The Morgan fingerprint density at radius 3 is 2.52 bits per heavy atom. The normalized spacial score (nSPS) is 13.5. The number of ether oxygens (including phenoxy) is 4. The van der Waals surface area contributed by atoms with Crippen molar-refractivity contribution >= 4 is 5.91 Å². The highest BCUT2D eigenvalue weighted by Gasteiger charge is 2.21. The van der Waals surface area contributed by atoms with Crippen LogP contribution in [0.1, 0.15) is 22.1 Å². The Labute approximate surface area is 192 Å². The van der Waals surface area contributed by atoms with Crippen LogP contribution in [0.25, 0.3) is 11.3 Å². The van der Waals surface area contributed by atoms with Gasteiger partial charge in [0.15, 0.2) is 34.5 Å². The monoisotopic (exact) mass is 453 g/mol. The van der Waals surface area contributed by atoms with Crippen LogP contribution in [0.2, 0.25) is 0 Å². The van der Waals surface area contributed by atoms with Crippen molar-refractivity contribution in [1.82, 2.24) is 15.4 Å². The summed E-state index contributed by atoms with van der Waals surface area (Å²) in [5, 5.41) is 6.88. The number of amides is 1. The molecular formula is C24H27N3O6. The summed E-state index contributed by atoms with van der Waals surface area (Å²) < 4.78 is 27.3. The molecule has 0 spiro atoms. The summed E-state index contributed by atoms with van der Waals surface area (Å²) in [7, 11) is 7.09. The molecule has 1 aliphatic heterocycles. The molecule has 4 rings (SSSR count). The van der Waals surface area contributed by atoms with Gasteiger partial charge in [-0.25, -0.2) is 0 Å². The average Bonchev–Trinajstić information content (AvgIpc) is 3.34. The number of hydrogen-bond acceptors (Lipinski definition) is 8. The summed E-state index contributed by atoms with van der Waals surface area (Å²) in [6.07, 6.45) is 0. The molecule has 1 amide bonds. The van der Waals surface area contributed by atoms with E-state index in [2.05, 4.69) is 10.5 Å². The zero-order valence-corrected chi connectivity index (χ0v) is 19.1. The fourth-order valence-electron chi connectivity index (χ4n) is 3.65. The predicted octanol–water partition coefficient (Wildman–Crippen LogP) is 3.16. The molecule has 1 atom stereocenters. The minimum atomic E-state index is -0.324. The first-order chi connectivity index (χ1) is 16.0. The fourth-order valence-corrected chi connectivity index (χ4v) is 3.65. The molecule has 2 heterocycles. The van der Waals surface area contributed by atoms with Gasteiger partial charge in [-0.05, 0) is 50.0 Å². The molecule has 9 heteroatoms. The van der Waals surface area contributed by atoms with E-state index in [4.69, 9.17) is 23.5 Å². The minimum absolute atomic E-state index is 0.0853. The second-order valence-electron chi connectivity index (χ2n) is 7.74. The van der Waals surface area contributed by atoms with Crippen LogP contribution in [-0.2, 0) is 0 Å². The van der Waals surface area contributed by atoms with Crippen molar-refractivity contribution in [2.24, 2.45) is 0 Å². The van der Waals surface area contributed by atoms with Gasteiger partial charge in [-0.1, -0.05) is 11.2 Å². The molecule has 0 radical (unpaired) electrons. The number of rotatable bonds is 8.